The first-order chi connectivity index (χ1) is 9.06. The van der Waals surface area contributed by atoms with E-state index >= 15 is 0 Å². The summed E-state index contributed by atoms with van der Waals surface area (Å²) in [5.74, 6) is -0.0458. The van der Waals surface area contributed by atoms with E-state index in [4.69, 9.17) is 9.47 Å². The number of carbonyl (C=O) groups excluding carboxylic acids is 2. The average molecular weight is 265 g/mol. The Morgan fingerprint density at radius 1 is 1.37 bits per heavy atom. The smallest absolute Gasteiger partial charge is 0.311 e. The van der Waals surface area contributed by atoms with Crippen LogP contribution in [0, 0.1) is 0 Å². The van der Waals surface area contributed by atoms with Gasteiger partial charge in [0, 0.05) is 6.54 Å². The Hall–Kier alpha value is -2.04. The number of hydrogen-bond acceptors (Lipinski definition) is 4. The minimum Gasteiger partial charge on any atom is -0.497 e. The van der Waals surface area contributed by atoms with E-state index in [-0.39, 0.29) is 12.3 Å². The van der Waals surface area contributed by atoms with Crippen LogP contribution in [0.3, 0.4) is 0 Å². The highest BCUT2D eigenvalue weighted by Crippen LogP contribution is 2.13. The van der Waals surface area contributed by atoms with E-state index in [1.165, 1.54) is 0 Å². The maximum Gasteiger partial charge on any atom is 0.311 e. The van der Waals surface area contributed by atoms with Crippen molar-refractivity contribution in [2.45, 2.75) is 26.4 Å². The molecule has 5 nitrogen and oxygen atoms in total. The Morgan fingerprint density at radius 3 is 2.74 bits per heavy atom. The molecule has 0 aliphatic rings. The summed E-state index contributed by atoms with van der Waals surface area (Å²) in [7, 11) is 1.56. The maximum absolute atomic E-state index is 11.7. The second-order valence-corrected chi connectivity index (χ2v) is 4.05. The molecular formula is C14H19NO4. The van der Waals surface area contributed by atoms with Gasteiger partial charge in [-0.3, -0.25) is 9.59 Å². The van der Waals surface area contributed by atoms with Crippen LogP contribution < -0.4 is 10.1 Å². The minimum atomic E-state index is -0.780. The van der Waals surface area contributed by atoms with Gasteiger partial charge in [0.2, 0.25) is 0 Å². The molecule has 0 aliphatic heterocycles. The molecule has 0 aliphatic carbocycles. The van der Waals surface area contributed by atoms with Crippen molar-refractivity contribution in [1.29, 1.82) is 0 Å². The van der Waals surface area contributed by atoms with E-state index in [1.807, 2.05) is 6.92 Å². The molecule has 5 heteroatoms. The number of nitrogens with one attached hydrogen (secondary N) is 1. The largest absolute Gasteiger partial charge is 0.497 e. The Balaban J connectivity index is 2.52. The highest BCUT2D eigenvalue weighted by atomic mass is 16.5. The van der Waals surface area contributed by atoms with Crippen molar-refractivity contribution in [2.24, 2.45) is 0 Å². The lowest BCUT2D eigenvalue weighted by Crippen LogP contribution is -2.35. The molecule has 0 saturated carbocycles. The van der Waals surface area contributed by atoms with Gasteiger partial charge in [0.25, 0.3) is 5.91 Å². The molecule has 1 aromatic rings. The van der Waals surface area contributed by atoms with Gasteiger partial charge in [-0.2, -0.15) is 0 Å². The van der Waals surface area contributed by atoms with Gasteiger partial charge >= 0.3 is 5.97 Å². The number of rotatable bonds is 6. The van der Waals surface area contributed by atoms with Gasteiger partial charge in [-0.05, 0) is 31.5 Å². The highest BCUT2D eigenvalue weighted by Gasteiger charge is 2.17. The zero-order chi connectivity index (χ0) is 14.3. The Kier molecular flexibility index (Phi) is 5.85. The lowest BCUT2D eigenvalue weighted by Gasteiger charge is -2.12. The molecule has 0 fully saturated rings. The predicted octanol–water partition coefficient (Wildman–Crippen LogP) is 1.31. The van der Waals surface area contributed by atoms with Crippen LogP contribution in [-0.2, 0) is 20.7 Å². The van der Waals surface area contributed by atoms with E-state index in [9.17, 15) is 9.59 Å². The van der Waals surface area contributed by atoms with E-state index in [1.54, 1.807) is 38.3 Å². The second kappa shape index (κ2) is 7.41. The number of esters is 1. The minimum absolute atomic E-state index is 0.112. The van der Waals surface area contributed by atoms with Crippen LogP contribution in [0.5, 0.6) is 5.75 Å². The van der Waals surface area contributed by atoms with Crippen molar-refractivity contribution < 1.29 is 19.1 Å². The van der Waals surface area contributed by atoms with Crippen molar-refractivity contribution in [3.63, 3.8) is 0 Å². The SMILES string of the molecule is CCNC(=O)[C@H](C)OC(=O)Cc1cccc(OC)c1. The molecule has 0 radical (unpaired) electrons. The van der Waals surface area contributed by atoms with Crippen LogP contribution in [0.25, 0.3) is 0 Å². The Labute approximate surface area is 112 Å². The van der Waals surface area contributed by atoms with Crippen LogP contribution in [0.4, 0.5) is 0 Å². The number of ether oxygens (including phenoxy) is 2. The third kappa shape index (κ3) is 4.99. The second-order valence-electron chi connectivity index (χ2n) is 4.05. The van der Waals surface area contributed by atoms with Gasteiger partial charge in [0.05, 0.1) is 13.5 Å². The summed E-state index contributed by atoms with van der Waals surface area (Å²) in [5, 5.41) is 2.60. The first kappa shape index (κ1) is 15.0. The van der Waals surface area contributed by atoms with Crippen LogP contribution in [0.2, 0.25) is 0 Å². The molecule has 0 spiro atoms. The molecule has 1 N–H and O–H groups in total. The molecule has 19 heavy (non-hydrogen) atoms. The van der Waals surface area contributed by atoms with Crippen LogP contribution in [0.1, 0.15) is 19.4 Å². The molecule has 0 saturated heterocycles. The predicted molar refractivity (Wildman–Crippen MR) is 70.9 cm³/mol. The first-order valence-electron chi connectivity index (χ1n) is 6.17. The number of amides is 1. The normalized spacial score (nSPS) is 11.5. The van der Waals surface area contributed by atoms with Crippen molar-refractivity contribution >= 4 is 11.9 Å². The van der Waals surface area contributed by atoms with Crippen molar-refractivity contribution in [3.05, 3.63) is 29.8 Å². The highest BCUT2D eigenvalue weighted by molar-refractivity contribution is 5.83. The van der Waals surface area contributed by atoms with Gasteiger partial charge in [-0.1, -0.05) is 12.1 Å². The summed E-state index contributed by atoms with van der Waals surface area (Å²) >= 11 is 0. The number of carbonyl (C=O) groups is 2. The fourth-order valence-corrected chi connectivity index (χ4v) is 1.56. The third-order valence-corrected chi connectivity index (χ3v) is 2.51. The van der Waals surface area contributed by atoms with Gasteiger partial charge < -0.3 is 14.8 Å². The fourth-order valence-electron chi connectivity index (χ4n) is 1.56. The molecule has 1 aromatic carbocycles. The van der Waals surface area contributed by atoms with E-state index in [0.29, 0.717) is 12.3 Å². The molecule has 0 bridgehead atoms. The third-order valence-electron chi connectivity index (χ3n) is 2.51. The summed E-state index contributed by atoms with van der Waals surface area (Å²) in [6.45, 7) is 3.87. The summed E-state index contributed by atoms with van der Waals surface area (Å²) < 4.78 is 10.1. The fraction of sp³-hybridized carbons (Fsp3) is 0.429. The van der Waals surface area contributed by atoms with Gasteiger partial charge in [0.1, 0.15) is 5.75 Å². The quantitative estimate of drug-likeness (QED) is 0.788. The van der Waals surface area contributed by atoms with E-state index in [0.717, 1.165) is 5.56 Å². The van der Waals surface area contributed by atoms with Crippen LogP contribution in [0.15, 0.2) is 24.3 Å². The molecule has 1 rings (SSSR count). The molecule has 0 heterocycles. The van der Waals surface area contributed by atoms with Gasteiger partial charge in [-0.25, -0.2) is 0 Å². The van der Waals surface area contributed by atoms with Gasteiger partial charge in [0.15, 0.2) is 6.10 Å². The monoisotopic (exact) mass is 265 g/mol. The topological polar surface area (TPSA) is 64.6 Å². The van der Waals surface area contributed by atoms with Crippen molar-refractivity contribution in [2.75, 3.05) is 13.7 Å². The maximum atomic E-state index is 11.7. The molecule has 0 aromatic heterocycles. The van der Waals surface area contributed by atoms with Crippen LogP contribution >= 0.6 is 0 Å². The standard InChI is InChI=1S/C14H19NO4/c1-4-15-14(17)10(2)19-13(16)9-11-6-5-7-12(8-11)18-3/h5-8,10H,4,9H2,1-3H3,(H,15,17)/t10-/m0/s1. The zero-order valence-electron chi connectivity index (χ0n) is 11.4. The summed E-state index contributed by atoms with van der Waals surface area (Å²) in [4.78, 5) is 23.1. The number of likely N-dealkylation sites (N-methyl/N-ethyl adjacent to an activating group) is 1. The average Bonchev–Trinajstić information content (AvgIpc) is 2.39. The van der Waals surface area contributed by atoms with Gasteiger partial charge in [-0.15, -0.1) is 0 Å². The van der Waals surface area contributed by atoms with E-state index < -0.39 is 12.1 Å². The lowest BCUT2D eigenvalue weighted by molar-refractivity contribution is -0.154. The molecule has 1 atom stereocenters. The van der Waals surface area contributed by atoms with Crippen molar-refractivity contribution in [3.8, 4) is 5.75 Å². The number of methoxy groups -OCH3 is 1. The Morgan fingerprint density at radius 2 is 2.11 bits per heavy atom. The number of hydrogen-bond donors (Lipinski definition) is 1. The molecule has 0 unspecified atom stereocenters. The molecular weight excluding hydrogens is 246 g/mol. The number of benzene rings is 1. The summed E-state index contributed by atoms with van der Waals surface area (Å²) in [6, 6.07) is 7.17. The first-order valence-corrected chi connectivity index (χ1v) is 6.17. The van der Waals surface area contributed by atoms with E-state index in [2.05, 4.69) is 5.32 Å². The van der Waals surface area contributed by atoms with Crippen LogP contribution in [-0.4, -0.2) is 31.6 Å². The summed E-state index contributed by atoms with van der Waals surface area (Å²) in [5.41, 5.74) is 0.785. The molecule has 1 amide bonds. The zero-order valence-corrected chi connectivity index (χ0v) is 11.4. The molecule has 104 valence electrons. The summed E-state index contributed by atoms with van der Waals surface area (Å²) in [6.07, 6.45) is -0.668. The van der Waals surface area contributed by atoms with Crippen molar-refractivity contribution in [1.82, 2.24) is 5.32 Å². The Bertz CT molecular complexity index is 445. The lowest BCUT2D eigenvalue weighted by atomic mass is 10.1.